The van der Waals surface area contributed by atoms with Crippen LogP contribution in [0.1, 0.15) is 35.3 Å². The number of hydrogen-bond donors (Lipinski definition) is 2. The minimum Gasteiger partial charge on any atom is -0.350 e. The Morgan fingerprint density at radius 3 is 2.63 bits per heavy atom. The number of amides is 1. The molecule has 1 unspecified atom stereocenters. The van der Waals surface area contributed by atoms with Crippen molar-refractivity contribution in [1.82, 2.24) is 4.98 Å². The average Bonchev–Trinajstić information content (AvgIpc) is 3.06. The molecule has 1 aliphatic rings. The molecule has 136 valence electrons. The number of hydrogen-bond acceptors (Lipinski definition) is 2. The number of anilines is 1. The Hall–Kier alpha value is -2.85. The maximum Gasteiger partial charge on any atom is 0.227 e. The number of halogens is 1. The fraction of sp³-hybridized carbons (Fsp3) is 0.182. The molecular formula is C22H19ClN2O2. The normalized spacial score (nSPS) is 16.4. The first kappa shape index (κ1) is 17.6. The van der Waals surface area contributed by atoms with E-state index in [2.05, 4.69) is 16.4 Å². The highest BCUT2D eigenvalue weighted by Crippen LogP contribution is 2.32. The standard InChI is InChI=1S/C22H19ClN2O2/c23-16-11-12-17-18(13-16)24-20(21(26)14-7-3-1-4-8-14)19(17)25-22(27)15-9-5-2-6-10-15/h1-5,7-8,11-13,15,24H,6,9-10H2,(H,25,27). The molecule has 1 heterocycles. The maximum atomic E-state index is 13.1. The Morgan fingerprint density at radius 1 is 1.07 bits per heavy atom. The number of nitrogens with one attached hydrogen (secondary N) is 2. The molecule has 0 saturated heterocycles. The van der Waals surface area contributed by atoms with Crippen LogP contribution in [-0.2, 0) is 4.79 Å². The van der Waals surface area contributed by atoms with Crippen molar-refractivity contribution in [3.8, 4) is 0 Å². The van der Waals surface area contributed by atoms with Gasteiger partial charge in [-0.1, -0.05) is 54.1 Å². The van der Waals surface area contributed by atoms with Crippen molar-refractivity contribution >= 4 is 39.9 Å². The lowest BCUT2D eigenvalue weighted by Crippen LogP contribution is -2.24. The van der Waals surface area contributed by atoms with Gasteiger partial charge in [0.05, 0.1) is 5.69 Å². The summed E-state index contributed by atoms with van der Waals surface area (Å²) in [5.74, 6) is -0.300. The lowest BCUT2D eigenvalue weighted by molar-refractivity contribution is -0.120. The third-order valence-corrected chi connectivity index (χ3v) is 5.15. The van der Waals surface area contributed by atoms with Gasteiger partial charge in [0.2, 0.25) is 11.7 Å². The van der Waals surface area contributed by atoms with Gasteiger partial charge in [0.1, 0.15) is 5.69 Å². The number of H-pyrrole nitrogens is 1. The first-order valence-corrected chi connectivity index (χ1v) is 9.38. The second-order valence-electron chi connectivity index (χ2n) is 6.73. The van der Waals surface area contributed by atoms with Gasteiger partial charge in [-0.25, -0.2) is 0 Å². The Kier molecular flexibility index (Phi) is 4.82. The second kappa shape index (κ2) is 7.41. The first-order valence-electron chi connectivity index (χ1n) is 9.00. The summed E-state index contributed by atoms with van der Waals surface area (Å²) in [6.07, 6.45) is 6.58. The number of benzene rings is 2. The Morgan fingerprint density at radius 2 is 1.89 bits per heavy atom. The van der Waals surface area contributed by atoms with E-state index >= 15 is 0 Å². The molecule has 1 aromatic heterocycles. The lowest BCUT2D eigenvalue weighted by Gasteiger charge is -2.17. The van der Waals surface area contributed by atoms with Crippen LogP contribution in [-0.4, -0.2) is 16.7 Å². The van der Waals surface area contributed by atoms with E-state index < -0.39 is 0 Å². The molecule has 0 spiro atoms. The summed E-state index contributed by atoms with van der Waals surface area (Å²) in [5, 5.41) is 4.35. The Balaban J connectivity index is 1.76. The number of aromatic nitrogens is 1. The van der Waals surface area contributed by atoms with Crippen LogP contribution in [0.2, 0.25) is 5.02 Å². The molecule has 0 saturated carbocycles. The molecule has 2 aromatic carbocycles. The van der Waals surface area contributed by atoms with E-state index in [1.54, 1.807) is 24.3 Å². The van der Waals surface area contributed by atoms with Crippen molar-refractivity contribution in [2.45, 2.75) is 19.3 Å². The van der Waals surface area contributed by atoms with E-state index in [0.717, 1.165) is 30.2 Å². The van der Waals surface area contributed by atoms with E-state index in [-0.39, 0.29) is 17.6 Å². The van der Waals surface area contributed by atoms with Crippen molar-refractivity contribution < 1.29 is 9.59 Å². The number of fused-ring (bicyclic) bond motifs is 1. The molecule has 2 N–H and O–H groups in total. The molecule has 0 aliphatic heterocycles. The summed E-state index contributed by atoms with van der Waals surface area (Å²) in [5.41, 5.74) is 2.18. The molecule has 0 radical (unpaired) electrons. The molecule has 1 aliphatic carbocycles. The zero-order valence-corrected chi connectivity index (χ0v) is 15.4. The van der Waals surface area contributed by atoms with Crippen molar-refractivity contribution in [1.29, 1.82) is 0 Å². The van der Waals surface area contributed by atoms with E-state index in [9.17, 15) is 9.59 Å². The molecule has 5 heteroatoms. The number of allylic oxidation sites excluding steroid dienone is 2. The monoisotopic (exact) mass is 378 g/mol. The highest BCUT2D eigenvalue weighted by atomic mass is 35.5. The first-order chi connectivity index (χ1) is 13.1. The topological polar surface area (TPSA) is 62.0 Å². The van der Waals surface area contributed by atoms with Crippen molar-refractivity contribution in [2.24, 2.45) is 5.92 Å². The van der Waals surface area contributed by atoms with E-state index in [4.69, 9.17) is 11.6 Å². The fourth-order valence-electron chi connectivity index (χ4n) is 3.46. The number of carbonyl (C=O) groups excluding carboxylic acids is 2. The van der Waals surface area contributed by atoms with E-state index in [0.29, 0.717) is 22.0 Å². The third kappa shape index (κ3) is 3.53. The molecule has 4 nitrogen and oxygen atoms in total. The van der Waals surface area contributed by atoms with Crippen LogP contribution in [0.4, 0.5) is 5.69 Å². The lowest BCUT2D eigenvalue weighted by atomic mass is 9.93. The molecule has 4 rings (SSSR count). The van der Waals surface area contributed by atoms with Crippen LogP contribution in [0.5, 0.6) is 0 Å². The maximum absolute atomic E-state index is 13.1. The smallest absolute Gasteiger partial charge is 0.227 e. The van der Waals surface area contributed by atoms with Gasteiger partial charge in [-0.2, -0.15) is 0 Å². The SMILES string of the molecule is O=C(c1ccccc1)c1[nH]c2cc(Cl)ccc2c1NC(=O)C1CC=CCC1. The fourth-order valence-corrected chi connectivity index (χ4v) is 3.63. The van der Waals surface area contributed by atoms with Crippen LogP contribution in [0.3, 0.4) is 0 Å². The van der Waals surface area contributed by atoms with Crippen LogP contribution in [0.15, 0.2) is 60.7 Å². The van der Waals surface area contributed by atoms with Crippen LogP contribution in [0.25, 0.3) is 10.9 Å². The van der Waals surface area contributed by atoms with Crippen molar-refractivity contribution in [3.05, 3.63) is 77.0 Å². The van der Waals surface area contributed by atoms with Crippen LogP contribution in [0, 0.1) is 5.92 Å². The van der Waals surface area contributed by atoms with Crippen molar-refractivity contribution in [3.63, 3.8) is 0 Å². The zero-order valence-electron chi connectivity index (χ0n) is 14.7. The summed E-state index contributed by atoms with van der Waals surface area (Å²) < 4.78 is 0. The van der Waals surface area contributed by atoms with Gasteiger partial charge in [0, 0.05) is 27.4 Å². The van der Waals surface area contributed by atoms with Crippen molar-refractivity contribution in [2.75, 3.05) is 5.32 Å². The van der Waals surface area contributed by atoms with Gasteiger partial charge >= 0.3 is 0 Å². The van der Waals surface area contributed by atoms with Crippen LogP contribution >= 0.6 is 11.6 Å². The molecule has 3 aromatic rings. The highest BCUT2D eigenvalue weighted by Gasteiger charge is 2.24. The number of rotatable bonds is 4. The Labute approximate surface area is 162 Å². The van der Waals surface area contributed by atoms with Gasteiger partial charge in [-0.3, -0.25) is 9.59 Å². The number of ketones is 1. The third-order valence-electron chi connectivity index (χ3n) is 4.91. The Bertz CT molecular complexity index is 1040. The minimum atomic E-state index is -0.165. The summed E-state index contributed by atoms with van der Waals surface area (Å²) in [6, 6.07) is 14.4. The van der Waals surface area contributed by atoms with E-state index in [1.165, 1.54) is 0 Å². The van der Waals surface area contributed by atoms with Gasteiger partial charge < -0.3 is 10.3 Å². The van der Waals surface area contributed by atoms with Gasteiger partial charge in [-0.05, 0) is 37.5 Å². The highest BCUT2D eigenvalue weighted by molar-refractivity contribution is 6.31. The predicted octanol–water partition coefficient (Wildman–Crippen LogP) is 5.35. The molecular weight excluding hydrogens is 360 g/mol. The molecule has 1 amide bonds. The average molecular weight is 379 g/mol. The summed E-state index contributed by atoms with van der Waals surface area (Å²) in [6.45, 7) is 0. The summed E-state index contributed by atoms with van der Waals surface area (Å²) >= 11 is 6.10. The second-order valence-corrected chi connectivity index (χ2v) is 7.17. The molecule has 27 heavy (non-hydrogen) atoms. The minimum absolute atomic E-state index is 0.0580. The molecule has 1 atom stereocenters. The van der Waals surface area contributed by atoms with Gasteiger partial charge in [0.25, 0.3) is 0 Å². The number of aromatic amines is 1. The largest absolute Gasteiger partial charge is 0.350 e. The summed E-state index contributed by atoms with van der Waals surface area (Å²) in [7, 11) is 0. The van der Waals surface area contributed by atoms with E-state index in [1.807, 2.05) is 30.3 Å². The van der Waals surface area contributed by atoms with Crippen LogP contribution < -0.4 is 5.32 Å². The zero-order chi connectivity index (χ0) is 18.8. The summed E-state index contributed by atoms with van der Waals surface area (Å²) in [4.78, 5) is 29.0. The van der Waals surface area contributed by atoms with Gasteiger partial charge in [-0.15, -0.1) is 0 Å². The molecule has 0 bridgehead atoms. The van der Waals surface area contributed by atoms with Gasteiger partial charge in [0.15, 0.2) is 0 Å². The predicted molar refractivity (Wildman–Crippen MR) is 108 cm³/mol. The number of carbonyl (C=O) groups is 2. The molecule has 0 fully saturated rings. The quantitative estimate of drug-likeness (QED) is 0.475.